The largest absolute Gasteiger partial charge is 0.469 e. The molecule has 3 nitrogen and oxygen atoms in total. The lowest BCUT2D eigenvalue weighted by Crippen LogP contribution is -2.30. The number of carbonyl (C=O) groups is 2. The van der Waals surface area contributed by atoms with E-state index in [0.717, 1.165) is 18.4 Å². The molecule has 0 saturated carbocycles. The maximum absolute atomic E-state index is 12.4. The molecule has 118 valence electrons. The second kappa shape index (κ2) is 7.39. The number of allylic oxidation sites excluding steroid dienone is 2. The van der Waals surface area contributed by atoms with Gasteiger partial charge in [0.05, 0.1) is 13.0 Å². The Bertz CT molecular complexity index is 572. The van der Waals surface area contributed by atoms with Gasteiger partial charge in [0.25, 0.3) is 0 Å². The van der Waals surface area contributed by atoms with Gasteiger partial charge in [-0.15, -0.1) is 0 Å². The summed E-state index contributed by atoms with van der Waals surface area (Å²) in [6, 6.07) is 9.66. The Kier molecular flexibility index (Phi) is 5.53. The molecule has 1 aliphatic carbocycles. The summed E-state index contributed by atoms with van der Waals surface area (Å²) >= 11 is 0. The van der Waals surface area contributed by atoms with E-state index in [1.807, 2.05) is 30.3 Å². The van der Waals surface area contributed by atoms with E-state index in [0.29, 0.717) is 12.8 Å². The van der Waals surface area contributed by atoms with Crippen LogP contribution < -0.4 is 0 Å². The minimum Gasteiger partial charge on any atom is -0.469 e. The minimum absolute atomic E-state index is 0.0731. The van der Waals surface area contributed by atoms with E-state index in [-0.39, 0.29) is 17.7 Å². The van der Waals surface area contributed by atoms with Crippen LogP contribution in [0.1, 0.15) is 51.0 Å². The lowest BCUT2D eigenvalue weighted by Gasteiger charge is -2.32. The van der Waals surface area contributed by atoms with Crippen molar-refractivity contribution >= 4 is 11.8 Å². The van der Waals surface area contributed by atoms with Crippen LogP contribution in [-0.4, -0.2) is 18.9 Å². The zero-order valence-electron chi connectivity index (χ0n) is 13.6. The number of benzene rings is 1. The Hall–Kier alpha value is -1.90. The van der Waals surface area contributed by atoms with Crippen molar-refractivity contribution in [2.45, 2.75) is 45.4 Å². The number of ether oxygens (including phenoxy) is 1. The van der Waals surface area contributed by atoms with Gasteiger partial charge in [0.15, 0.2) is 0 Å². The molecule has 0 amide bonds. The van der Waals surface area contributed by atoms with Gasteiger partial charge < -0.3 is 4.74 Å². The topological polar surface area (TPSA) is 43.4 Å². The van der Waals surface area contributed by atoms with Crippen molar-refractivity contribution in [1.82, 2.24) is 0 Å². The highest BCUT2D eigenvalue weighted by molar-refractivity contribution is 5.86. The number of ketones is 1. The molecule has 2 atom stereocenters. The molecule has 0 saturated heterocycles. The van der Waals surface area contributed by atoms with Crippen molar-refractivity contribution in [3.8, 4) is 0 Å². The summed E-state index contributed by atoms with van der Waals surface area (Å²) in [5.74, 6) is -0.501. The average Bonchev–Trinajstić information content (AvgIpc) is 2.55. The lowest BCUT2D eigenvalue weighted by molar-refractivity contribution is -0.143. The Morgan fingerprint density at radius 2 is 1.91 bits per heavy atom. The van der Waals surface area contributed by atoms with E-state index < -0.39 is 5.92 Å². The molecule has 1 aliphatic rings. The lowest BCUT2D eigenvalue weighted by atomic mass is 9.71. The second-order valence-electron chi connectivity index (χ2n) is 5.77. The van der Waals surface area contributed by atoms with E-state index in [1.54, 1.807) is 0 Å². The standard InChI is InChI=1S/C19H24O3/c1-4-13-11-15(20)12-17(16(13)5-2)18(19(21)22-3)14-9-7-6-8-10-14/h6-10,17-18H,4-5,11-12H2,1-3H3. The fraction of sp³-hybridized carbons (Fsp3) is 0.474. The third-order valence-electron chi connectivity index (χ3n) is 4.58. The molecular weight excluding hydrogens is 276 g/mol. The SMILES string of the molecule is CCC1=C(CC)C(C(C(=O)OC)c2ccccc2)CC(=O)C1. The van der Waals surface area contributed by atoms with Gasteiger partial charge in [-0.2, -0.15) is 0 Å². The maximum Gasteiger partial charge on any atom is 0.313 e. The normalized spacial score (nSPS) is 20.0. The van der Waals surface area contributed by atoms with Crippen LogP contribution in [0.5, 0.6) is 0 Å². The van der Waals surface area contributed by atoms with Gasteiger partial charge in [-0.25, -0.2) is 0 Å². The first-order chi connectivity index (χ1) is 10.6. The number of Topliss-reactive ketones (excluding diaryl/α,β-unsaturated/α-hetero) is 1. The molecule has 0 heterocycles. The van der Waals surface area contributed by atoms with Crippen molar-refractivity contribution in [2.24, 2.45) is 5.92 Å². The van der Waals surface area contributed by atoms with Crippen LogP contribution in [0.3, 0.4) is 0 Å². The highest BCUT2D eigenvalue weighted by Crippen LogP contribution is 2.41. The zero-order chi connectivity index (χ0) is 16.1. The van der Waals surface area contributed by atoms with Crippen LogP contribution in [0, 0.1) is 5.92 Å². The molecule has 2 rings (SSSR count). The maximum atomic E-state index is 12.4. The molecule has 22 heavy (non-hydrogen) atoms. The molecule has 2 unspecified atom stereocenters. The third kappa shape index (κ3) is 3.29. The van der Waals surface area contributed by atoms with Gasteiger partial charge in [0, 0.05) is 18.8 Å². The van der Waals surface area contributed by atoms with Gasteiger partial charge in [-0.1, -0.05) is 55.3 Å². The van der Waals surface area contributed by atoms with E-state index in [2.05, 4.69) is 13.8 Å². The molecule has 0 fully saturated rings. The summed E-state index contributed by atoms with van der Waals surface area (Å²) < 4.78 is 5.04. The highest BCUT2D eigenvalue weighted by atomic mass is 16.5. The Balaban J connectivity index is 2.50. The first-order valence-corrected chi connectivity index (χ1v) is 7.97. The van der Waals surface area contributed by atoms with Crippen LogP contribution >= 0.6 is 0 Å². The summed E-state index contributed by atoms with van der Waals surface area (Å²) in [6.07, 6.45) is 2.72. The Morgan fingerprint density at radius 3 is 2.45 bits per heavy atom. The number of methoxy groups -OCH3 is 1. The number of hydrogen-bond acceptors (Lipinski definition) is 3. The smallest absolute Gasteiger partial charge is 0.313 e. The van der Waals surface area contributed by atoms with Crippen molar-refractivity contribution in [1.29, 1.82) is 0 Å². The first-order valence-electron chi connectivity index (χ1n) is 7.97. The van der Waals surface area contributed by atoms with Gasteiger partial charge in [0.2, 0.25) is 0 Å². The molecule has 1 aromatic rings. The molecule has 0 N–H and O–H groups in total. The van der Waals surface area contributed by atoms with E-state index in [9.17, 15) is 9.59 Å². The number of hydrogen-bond donors (Lipinski definition) is 0. The number of esters is 1. The van der Waals surface area contributed by atoms with Crippen LogP contribution in [-0.2, 0) is 14.3 Å². The highest BCUT2D eigenvalue weighted by Gasteiger charge is 2.37. The van der Waals surface area contributed by atoms with Crippen molar-refractivity contribution in [2.75, 3.05) is 7.11 Å². The molecule has 0 radical (unpaired) electrons. The third-order valence-corrected chi connectivity index (χ3v) is 4.58. The molecule has 0 bridgehead atoms. The number of carbonyl (C=O) groups excluding carboxylic acids is 2. The Morgan fingerprint density at radius 1 is 1.23 bits per heavy atom. The predicted octanol–water partition coefficient (Wildman–Crippen LogP) is 4.04. The second-order valence-corrected chi connectivity index (χ2v) is 5.77. The summed E-state index contributed by atoms with van der Waals surface area (Å²) in [6.45, 7) is 4.18. The van der Waals surface area contributed by atoms with Gasteiger partial charge in [-0.3, -0.25) is 9.59 Å². The first kappa shape index (κ1) is 16.5. The Labute approximate surface area is 132 Å². The van der Waals surface area contributed by atoms with Crippen LogP contribution in [0.25, 0.3) is 0 Å². The molecule has 3 heteroatoms. The van der Waals surface area contributed by atoms with Crippen LogP contribution in [0.4, 0.5) is 0 Å². The van der Waals surface area contributed by atoms with E-state index in [4.69, 9.17) is 4.74 Å². The summed E-state index contributed by atoms with van der Waals surface area (Å²) in [4.78, 5) is 24.6. The summed E-state index contributed by atoms with van der Waals surface area (Å²) in [5, 5.41) is 0. The number of rotatable bonds is 5. The fourth-order valence-corrected chi connectivity index (χ4v) is 3.56. The van der Waals surface area contributed by atoms with Crippen LogP contribution in [0.2, 0.25) is 0 Å². The van der Waals surface area contributed by atoms with Gasteiger partial charge >= 0.3 is 5.97 Å². The van der Waals surface area contributed by atoms with E-state index >= 15 is 0 Å². The quantitative estimate of drug-likeness (QED) is 0.609. The van der Waals surface area contributed by atoms with Crippen molar-refractivity contribution in [3.05, 3.63) is 47.0 Å². The molecule has 1 aromatic carbocycles. The summed E-state index contributed by atoms with van der Waals surface area (Å²) in [7, 11) is 1.42. The average molecular weight is 300 g/mol. The molecule has 0 aromatic heterocycles. The molecular formula is C19H24O3. The van der Waals surface area contributed by atoms with Gasteiger partial charge in [-0.05, 0) is 18.4 Å². The van der Waals surface area contributed by atoms with Crippen molar-refractivity contribution in [3.63, 3.8) is 0 Å². The minimum atomic E-state index is -0.396. The van der Waals surface area contributed by atoms with Crippen LogP contribution in [0.15, 0.2) is 41.5 Å². The van der Waals surface area contributed by atoms with Crippen molar-refractivity contribution < 1.29 is 14.3 Å². The zero-order valence-corrected chi connectivity index (χ0v) is 13.6. The van der Waals surface area contributed by atoms with E-state index in [1.165, 1.54) is 18.3 Å². The predicted molar refractivity (Wildman–Crippen MR) is 86.5 cm³/mol. The summed E-state index contributed by atoms with van der Waals surface area (Å²) in [5.41, 5.74) is 3.39. The molecule has 0 spiro atoms. The molecule has 0 aliphatic heterocycles. The fourth-order valence-electron chi connectivity index (χ4n) is 3.56. The monoisotopic (exact) mass is 300 g/mol. The van der Waals surface area contributed by atoms with Gasteiger partial charge in [0.1, 0.15) is 5.78 Å².